The number of hydrogen-bond acceptors (Lipinski definition) is 2. The maximum Gasteiger partial charge on any atom is 0.306 e. The van der Waals surface area contributed by atoms with Gasteiger partial charge in [-0.3, -0.25) is 4.40 Å². The second-order valence-electron chi connectivity index (χ2n) is 9.56. The number of hydrogen-bond donors (Lipinski definition) is 0. The van der Waals surface area contributed by atoms with Crippen LogP contribution in [-0.2, 0) is 0 Å². The molecule has 0 atom stereocenters. The monoisotopic (exact) mass is 467 g/mol. The van der Waals surface area contributed by atoms with Gasteiger partial charge in [-0.25, -0.2) is 0 Å². The summed E-state index contributed by atoms with van der Waals surface area (Å²) in [5.74, 6) is 1.09. The zero-order valence-corrected chi connectivity index (χ0v) is 20.2. The number of fused-ring (bicyclic) bond motifs is 4. The van der Waals surface area contributed by atoms with Gasteiger partial charge < -0.3 is 8.98 Å². The highest BCUT2D eigenvalue weighted by molar-refractivity contribution is 6.09. The predicted molar refractivity (Wildman–Crippen MR) is 147 cm³/mol. The van der Waals surface area contributed by atoms with Crippen LogP contribution in [0.25, 0.3) is 55.9 Å². The second kappa shape index (κ2) is 7.99. The Balaban J connectivity index is 1.38. The minimum absolute atomic E-state index is 0.491. The van der Waals surface area contributed by atoms with Crippen LogP contribution in [0.5, 0.6) is 0 Å². The summed E-state index contributed by atoms with van der Waals surface area (Å²) in [6.45, 7) is 4.42. The van der Waals surface area contributed by atoms with Crippen LogP contribution in [0.1, 0.15) is 25.3 Å². The van der Waals surface area contributed by atoms with Gasteiger partial charge in [-0.05, 0) is 35.7 Å². The first-order valence-corrected chi connectivity index (χ1v) is 12.3. The van der Waals surface area contributed by atoms with Crippen molar-refractivity contribution in [1.29, 1.82) is 0 Å². The van der Waals surface area contributed by atoms with E-state index in [2.05, 4.69) is 115 Å². The lowest BCUT2D eigenvalue weighted by Crippen LogP contribution is -1.94. The summed E-state index contributed by atoms with van der Waals surface area (Å²) in [6.07, 6.45) is 3.62. The summed E-state index contributed by atoms with van der Waals surface area (Å²) in [5.41, 5.74) is 9.00. The SMILES string of the molecule is CC(C)c1ccc(-c2nc3occn3c2-c2ccc(-n3c4ccccc4c4ccccc43)cc2)cc1. The van der Waals surface area contributed by atoms with Crippen molar-refractivity contribution in [2.45, 2.75) is 19.8 Å². The van der Waals surface area contributed by atoms with Crippen LogP contribution >= 0.6 is 0 Å². The Bertz CT molecular complexity index is 1790. The third kappa shape index (κ3) is 3.11. The lowest BCUT2D eigenvalue weighted by molar-refractivity contribution is 0.596. The zero-order valence-electron chi connectivity index (χ0n) is 20.2. The van der Waals surface area contributed by atoms with E-state index in [1.165, 1.54) is 27.4 Å². The molecule has 0 N–H and O–H groups in total. The topological polar surface area (TPSA) is 35.4 Å². The van der Waals surface area contributed by atoms with Crippen molar-refractivity contribution in [2.24, 2.45) is 0 Å². The molecule has 0 amide bonds. The third-order valence-electron chi connectivity index (χ3n) is 7.09. The van der Waals surface area contributed by atoms with E-state index >= 15 is 0 Å². The fourth-order valence-corrected chi connectivity index (χ4v) is 5.26. The highest BCUT2D eigenvalue weighted by Gasteiger charge is 2.19. The van der Waals surface area contributed by atoms with E-state index in [-0.39, 0.29) is 0 Å². The van der Waals surface area contributed by atoms with E-state index in [1.54, 1.807) is 6.26 Å². The molecule has 174 valence electrons. The van der Waals surface area contributed by atoms with Crippen LogP contribution in [-0.4, -0.2) is 14.0 Å². The van der Waals surface area contributed by atoms with Gasteiger partial charge in [0, 0.05) is 33.8 Å². The van der Waals surface area contributed by atoms with E-state index in [4.69, 9.17) is 9.40 Å². The van der Waals surface area contributed by atoms with Crippen molar-refractivity contribution in [1.82, 2.24) is 14.0 Å². The largest absolute Gasteiger partial charge is 0.432 e. The maximum absolute atomic E-state index is 5.67. The average Bonchev–Trinajstić information content (AvgIpc) is 3.61. The fourth-order valence-electron chi connectivity index (χ4n) is 5.26. The van der Waals surface area contributed by atoms with Crippen molar-refractivity contribution in [3.8, 4) is 28.2 Å². The number of para-hydroxylation sites is 2. The van der Waals surface area contributed by atoms with Crippen LogP contribution in [0.3, 0.4) is 0 Å². The number of oxazole rings is 1. The molecule has 4 nitrogen and oxygen atoms in total. The highest BCUT2D eigenvalue weighted by atomic mass is 16.3. The molecule has 7 aromatic rings. The molecule has 4 aromatic carbocycles. The molecule has 3 heterocycles. The van der Waals surface area contributed by atoms with Gasteiger partial charge in [-0.2, -0.15) is 4.98 Å². The van der Waals surface area contributed by atoms with Gasteiger partial charge >= 0.3 is 5.84 Å². The Hall–Kier alpha value is -4.57. The molecule has 0 saturated heterocycles. The van der Waals surface area contributed by atoms with Gasteiger partial charge in [0.15, 0.2) is 0 Å². The van der Waals surface area contributed by atoms with Crippen molar-refractivity contribution in [3.63, 3.8) is 0 Å². The molecule has 36 heavy (non-hydrogen) atoms. The summed E-state index contributed by atoms with van der Waals surface area (Å²) in [7, 11) is 0. The first kappa shape index (κ1) is 20.8. The predicted octanol–water partition coefficient (Wildman–Crippen LogP) is 8.48. The molecule has 0 spiro atoms. The summed E-state index contributed by atoms with van der Waals surface area (Å²) in [5, 5.41) is 2.53. The number of imidazole rings is 1. The molecule has 0 aliphatic heterocycles. The molecule has 4 heteroatoms. The maximum atomic E-state index is 5.67. The molecule has 0 radical (unpaired) electrons. The highest BCUT2D eigenvalue weighted by Crippen LogP contribution is 2.36. The molecular formula is C32H25N3O. The van der Waals surface area contributed by atoms with E-state index in [0.29, 0.717) is 11.8 Å². The minimum Gasteiger partial charge on any atom is -0.432 e. The average molecular weight is 468 g/mol. The van der Waals surface area contributed by atoms with Gasteiger partial charge in [-0.1, -0.05) is 86.6 Å². The van der Waals surface area contributed by atoms with Crippen LogP contribution in [0, 0.1) is 0 Å². The quantitative estimate of drug-likeness (QED) is 0.260. The molecule has 0 aliphatic carbocycles. The second-order valence-corrected chi connectivity index (χ2v) is 9.56. The smallest absolute Gasteiger partial charge is 0.306 e. The Morgan fingerprint density at radius 3 is 1.94 bits per heavy atom. The van der Waals surface area contributed by atoms with Crippen LogP contribution < -0.4 is 0 Å². The van der Waals surface area contributed by atoms with Crippen molar-refractivity contribution in [3.05, 3.63) is 115 Å². The summed E-state index contributed by atoms with van der Waals surface area (Å²) in [6, 6.07) is 34.6. The van der Waals surface area contributed by atoms with Gasteiger partial charge in [0.05, 0.1) is 16.7 Å². The normalized spacial score (nSPS) is 11.9. The number of rotatable bonds is 4. The molecular weight excluding hydrogens is 442 g/mol. The summed E-state index contributed by atoms with van der Waals surface area (Å²) < 4.78 is 10.0. The number of nitrogens with zero attached hydrogens (tertiary/aromatic N) is 3. The van der Waals surface area contributed by atoms with E-state index in [9.17, 15) is 0 Å². The zero-order chi connectivity index (χ0) is 24.2. The van der Waals surface area contributed by atoms with Gasteiger partial charge in [0.25, 0.3) is 0 Å². The Morgan fingerprint density at radius 1 is 0.694 bits per heavy atom. The molecule has 0 saturated carbocycles. The minimum atomic E-state index is 0.491. The van der Waals surface area contributed by atoms with Crippen molar-refractivity contribution in [2.75, 3.05) is 0 Å². The van der Waals surface area contributed by atoms with E-state index < -0.39 is 0 Å². The summed E-state index contributed by atoms with van der Waals surface area (Å²) >= 11 is 0. The number of benzene rings is 4. The lowest BCUT2D eigenvalue weighted by atomic mass is 9.99. The van der Waals surface area contributed by atoms with Crippen LogP contribution in [0.2, 0.25) is 0 Å². The van der Waals surface area contributed by atoms with E-state index in [1.807, 2.05) is 10.6 Å². The Kier molecular flexibility index (Phi) is 4.61. The van der Waals surface area contributed by atoms with Gasteiger partial charge in [-0.15, -0.1) is 0 Å². The van der Waals surface area contributed by atoms with Gasteiger partial charge in [0.2, 0.25) is 0 Å². The first-order valence-electron chi connectivity index (χ1n) is 12.3. The van der Waals surface area contributed by atoms with Crippen molar-refractivity contribution >= 4 is 27.6 Å². The fraction of sp³-hybridized carbons (Fsp3) is 0.0938. The van der Waals surface area contributed by atoms with Crippen molar-refractivity contribution < 1.29 is 4.42 Å². The molecule has 0 unspecified atom stereocenters. The molecule has 3 aromatic heterocycles. The van der Waals surface area contributed by atoms with Crippen LogP contribution in [0.4, 0.5) is 0 Å². The van der Waals surface area contributed by atoms with E-state index in [0.717, 1.165) is 28.2 Å². The molecule has 7 rings (SSSR count). The molecule has 0 bridgehead atoms. The summed E-state index contributed by atoms with van der Waals surface area (Å²) in [4.78, 5) is 4.84. The standard InChI is InChI=1S/C32H25N3O/c1-21(2)22-11-13-23(14-12-22)30-31(34-19-20-36-32(34)33-30)24-15-17-25(18-16-24)35-28-9-5-3-7-26(28)27-8-4-6-10-29(27)35/h3-21H,1-2H3. The number of aromatic nitrogens is 3. The lowest BCUT2D eigenvalue weighted by Gasteiger charge is -2.10. The molecule has 0 fully saturated rings. The van der Waals surface area contributed by atoms with Gasteiger partial charge in [0.1, 0.15) is 12.0 Å². The third-order valence-corrected chi connectivity index (χ3v) is 7.09. The first-order chi connectivity index (χ1) is 17.7. The Morgan fingerprint density at radius 2 is 1.31 bits per heavy atom. The van der Waals surface area contributed by atoms with Crippen LogP contribution in [0.15, 0.2) is 114 Å². The molecule has 0 aliphatic rings. The Labute approximate surface area is 209 Å².